The highest BCUT2D eigenvalue weighted by Crippen LogP contribution is 2.53. The summed E-state index contributed by atoms with van der Waals surface area (Å²) < 4.78 is 21.3. The molecule has 11 heavy (non-hydrogen) atoms. The standard InChI is InChI=1S/C3H10O5P2S/c4-2-9(5)3(1-11)10(6,7)8/h3-4,9,11H,1-2H2,(H2,6,7,8). The number of thiol groups is 1. The molecular weight excluding hydrogens is 210 g/mol. The minimum absolute atomic E-state index is 0.178. The first kappa shape index (κ1) is 11.7. The van der Waals surface area contributed by atoms with E-state index in [4.69, 9.17) is 14.9 Å². The van der Waals surface area contributed by atoms with Crippen LogP contribution in [-0.4, -0.2) is 32.4 Å². The molecule has 0 spiro atoms. The summed E-state index contributed by atoms with van der Waals surface area (Å²) in [6.45, 7) is 0. The summed E-state index contributed by atoms with van der Waals surface area (Å²) in [6.07, 6.45) is -0.680. The zero-order valence-electron chi connectivity index (χ0n) is 5.54. The highest BCUT2D eigenvalue weighted by atomic mass is 32.1. The number of hydrogen-bond donors (Lipinski definition) is 4. The Hall–Kier alpha value is 0.690. The van der Waals surface area contributed by atoms with Crippen LogP contribution in [0.15, 0.2) is 0 Å². The molecule has 0 heterocycles. The lowest BCUT2D eigenvalue weighted by Gasteiger charge is -2.13. The monoisotopic (exact) mass is 220 g/mol. The van der Waals surface area contributed by atoms with Crippen molar-refractivity contribution < 1.29 is 24.0 Å². The fraction of sp³-hybridized carbons (Fsp3) is 1.00. The van der Waals surface area contributed by atoms with Crippen molar-refractivity contribution in [3.63, 3.8) is 0 Å². The Balaban J connectivity index is 4.42. The number of rotatable bonds is 4. The van der Waals surface area contributed by atoms with Crippen molar-refractivity contribution in [1.82, 2.24) is 0 Å². The lowest BCUT2D eigenvalue weighted by Crippen LogP contribution is -2.06. The van der Waals surface area contributed by atoms with Crippen LogP contribution in [0.2, 0.25) is 0 Å². The molecule has 0 aliphatic rings. The summed E-state index contributed by atoms with van der Waals surface area (Å²) in [6, 6.07) is 0. The SMILES string of the molecule is O=[PH](CO)C(CS)P(=O)(O)O. The molecular formula is C3H10O5P2S. The van der Waals surface area contributed by atoms with Gasteiger partial charge in [0, 0.05) is 5.75 Å². The van der Waals surface area contributed by atoms with Crippen molar-refractivity contribution in [2.45, 2.75) is 5.40 Å². The normalized spacial score (nSPS) is 17.8. The fourth-order valence-electron chi connectivity index (χ4n) is 0.501. The van der Waals surface area contributed by atoms with Crippen molar-refractivity contribution in [3.8, 4) is 0 Å². The second kappa shape index (κ2) is 4.65. The van der Waals surface area contributed by atoms with E-state index in [9.17, 15) is 9.13 Å². The quantitative estimate of drug-likeness (QED) is 0.393. The van der Waals surface area contributed by atoms with E-state index in [-0.39, 0.29) is 5.75 Å². The highest BCUT2D eigenvalue weighted by molar-refractivity contribution is 7.82. The molecule has 0 aromatic carbocycles. The van der Waals surface area contributed by atoms with Gasteiger partial charge in [0.25, 0.3) is 0 Å². The van der Waals surface area contributed by atoms with E-state index < -0.39 is 27.1 Å². The summed E-state index contributed by atoms with van der Waals surface area (Å²) in [5.74, 6) is -0.178. The summed E-state index contributed by atoms with van der Waals surface area (Å²) in [5, 5.41) is 7.06. The van der Waals surface area contributed by atoms with E-state index in [1.807, 2.05) is 0 Å². The first-order valence-corrected chi connectivity index (χ1v) is 6.73. The molecule has 0 amide bonds. The molecule has 0 saturated carbocycles. The van der Waals surface area contributed by atoms with E-state index >= 15 is 0 Å². The van der Waals surface area contributed by atoms with Crippen LogP contribution in [0.4, 0.5) is 0 Å². The van der Waals surface area contributed by atoms with Crippen molar-refractivity contribution >= 4 is 28.0 Å². The Bertz CT molecular complexity index is 188. The second-order valence-electron chi connectivity index (χ2n) is 1.91. The van der Waals surface area contributed by atoms with Gasteiger partial charge in [-0.3, -0.25) is 4.57 Å². The van der Waals surface area contributed by atoms with Crippen LogP contribution in [0.1, 0.15) is 0 Å². The van der Waals surface area contributed by atoms with Gasteiger partial charge in [0.15, 0.2) is 0 Å². The Kier molecular flexibility index (Phi) is 4.94. The van der Waals surface area contributed by atoms with E-state index in [1.54, 1.807) is 0 Å². The van der Waals surface area contributed by atoms with Crippen molar-refractivity contribution in [2.75, 3.05) is 12.1 Å². The first-order valence-electron chi connectivity index (χ1n) is 2.73. The molecule has 0 aliphatic heterocycles. The maximum Gasteiger partial charge on any atom is 0.336 e. The van der Waals surface area contributed by atoms with Gasteiger partial charge in [-0.25, -0.2) is 0 Å². The van der Waals surface area contributed by atoms with Gasteiger partial charge in [-0.15, -0.1) is 0 Å². The van der Waals surface area contributed by atoms with Crippen molar-refractivity contribution in [3.05, 3.63) is 0 Å². The molecule has 8 heteroatoms. The second-order valence-corrected chi connectivity index (χ2v) is 6.51. The predicted octanol–water partition coefficient (Wildman–Crippen LogP) is -0.0705. The summed E-state index contributed by atoms with van der Waals surface area (Å²) in [5.41, 5.74) is 0. The summed E-state index contributed by atoms with van der Waals surface area (Å²) >= 11 is 3.62. The zero-order valence-corrected chi connectivity index (χ0v) is 8.33. The topological polar surface area (TPSA) is 94.8 Å². The van der Waals surface area contributed by atoms with E-state index in [0.717, 1.165) is 0 Å². The fourth-order valence-corrected chi connectivity index (χ4v) is 4.12. The highest BCUT2D eigenvalue weighted by Gasteiger charge is 2.32. The Morgan fingerprint density at radius 3 is 2.09 bits per heavy atom. The molecule has 2 atom stereocenters. The van der Waals surface area contributed by atoms with Gasteiger partial charge in [0.1, 0.15) is 13.2 Å². The van der Waals surface area contributed by atoms with Gasteiger partial charge in [-0.2, -0.15) is 12.6 Å². The average molecular weight is 220 g/mol. The third kappa shape index (κ3) is 3.74. The van der Waals surface area contributed by atoms with Gasteiger partial charge in [-0.05, 0) is 0 Å². The molecule has 0 aromatic heterocycles. The van der Waals surface area contributed by atoms with Crippen molar-refractivity contribution in [2.24, 2.45) is 0 Å². The van der Waals surface area contributed by atoms with Gasteiger partial charge >= 0.3 is 7.60 Å². The van der Waals surface area contributed by atoms with Crippen LogP contribution in [0.5, 0.6) is 0 Å². The van der Waals surface area contributed by atoms with Crippen LogP contribution in [0, 0.1) is 0 Å². The molecule has 0 fully saturated rings. The Morgan fingerprint density at radius 2 is 2.00 bits per heavy atom. The minimum atomic E-state index is -4.35. The molecule has 5 nitrogen and oxygen atoms in total. The molecule has 3 N–H and O–H groups in total. The third-order valence-corrected chi connectivity index (χ3v) is 6.23. The van der Waals surface area contributed by atoms with E-state index in [0.29, 0.717) is 0 Å². The maximum atomic E-state index is 10.8. The lowest BCUT2D eigenvalue weighted by molar-refractivity contribution is 0.354. The first-order chi connectivity index (χ1) is 4.93. The van der Waals surface area contributed by atoms with Crippen LogP contribution < -0.4 is 0 Å². The van der Waals surface area contributed by atoms with Crippen LogP contribution >= 0.6 is 28.0 Å². The lowest BCUT2D eigenvalue weighted by atomic mass is 10.9. The Morgan fingerprint density at radius 1 is 1.55 bits per heavy atom. The third-order valence-electron chi connectivity index (χ3n) is 1.11. The molecule has 2 unspecified atom stereocenters. The predicted molar refractivity (Wildman–Crippen MR) is 45.8 cm³/mol. The molecule has 0 bridgehead atoms. The smallest absolute Gasteiger partial charge is 0.336 e. The van der Waals surface area contributed by atoms with Crippen LogP contribution in [-0.2, 0) is 9.13 Å². The zero-order chi connectivity index (χ0) is 9.07. The summed E-state index contributed by atoms with van der Waals surface area (Å²) in [4.78, 5) is 17.1. The van der Waals surface area contributed by atoms with Gasteiger partial charge in [0.2, 0.25) is 0 Å². The average Bonchev–Trinajstić information content (AvgIpc) is 1.86. The van der Waals surface area contributed by atoms with Gasteiger partial charge in [-0.1, -0.05) is 0 Å². The summed E-state index contributed by atoms with van der Waals surface area (Å²) in [7, 11) is -6.96. The van der Waals surface area contributed by atoms with Gasteiger partial charge < -0.3 is 19.5 Å². The molecule has 0 aromatic rings. The molecule has 68 valence electrons. The maximum absolute atomic E-state index is 10.8. The van der Waals surface area contributed by atoms with Gasteiger partial charge in [0.05, 0.1) is 6.35 Å². The largest absolute Gasteiger partial charge is 0.389 e. The molecule has 0 radical (unpaired) electrons. The molecule has 0 saturated heterocycles. The molecule has 0 rings (SSSR count). The van der Waals surface area contributed by atoms with Crippen LogP contribution in [0.25, 0.3) is 0 Å². The van der Waals surface area contributed by atoms with E-state index in [1.165, 1.54) is 0 Å². The Labute approximate surface area is 70.2 Å². The number of aliphatic hydroxyl groups is 1. The molecule has 0 aliphatic carbocycles. The van der Waals surface area contributed by atoms with Crippen molar-refractivity contribution in [1.29, 1.82) is 0 Å². The van der Waals surface area contributed by atoms with E-state index in [2.05, 4.69) is 12.6 Å². The number of hydrogen-bond acceptors (Lipinski definition) is 4. The minimum Gasteiger partial charge on any atom is -0.389 e. The van der Waals surface area contributed by atoms with Crippen LogP contribution in [0.3, 0.4) is 0 Å². The number of aliphatic hydroxyl groups excluding tert-OH is 1.